The number of fused-ring (bicyclic) bond motifs is 1. The summed E-state index contributed by atoms with van der Waals surface area (Å²) in [5.41, 5.74) is 6.34. The summed E-state index contributed by atoms with van der Waals surface area (Å²) in [4.78, 5) is 4.51. The second-order valence-corrected chi connectivity index (χ2v) is 4.89. The molecule has 0 aliphatic heterocycles. The maximum Gasteiger partial charge on any atom is 0.146 e. The number of anilines is 1. The van der Waals surface area contributed by atoms with E-state index in [2.05, 4.69) is 21.6 Å². The molecule has 0 saturated carbocycles. The number of aromatic nitrogens is 1. The zero-order valence-electron chi connectivity index (χ0n) is 12.1. The first-order valence-corrected chi connectivity index (χ1v) is 6.93. The Balaban J connectivity index is 1.80. The van der Waals surface area contributed by atoms with Crippen LogP contribution < -0.4 is 5.43 Å². The monoisotopic (exact) mass is 286 g/mol. The van der Waals surface area contributed by atoms with Gasteiger partial charge in [0.2, 0.25) is 0 Å². The van der Waals surface area contributed by atoms with E-state index in [0.29, 0.717) is 11.4 Å². The fourth-order valence-electron chi connectivity index (χ4n) is 2.12. The predicted octanol–water partition coefficient (Wildman–Crippen LogP) is 3.94. The summed E-state index contributed by atoms with van der Waals surface area (Å²) in [7, 11) is 0. The van der Waals surface area contributed by atoms with E-state index in [1.807, 2.05) is 55.5 Å². The molecule has 1 N–H and O–H groups in total. The fourth-order valence-corrected chi connectivity index (χ4v) is 2.12. The van der Waals surface area contributed by atoms with Gasteiger partial charge in [0.25, 0.3) is 0 Å². The van der Waals surface area contributed by atoms with Gasteiger partial charge in [-0.15, -0.1) is 0 Å². The molecule has 2 aromatic carbocycles. The van der Waals surface area contributed by atoms with Crippen molar-refractivity contribution in [3.63, 3.8) is 0 Å². The van der Waals surface area contributed by atoms with Gasteiger partial charge >= 0.3 is 0 Å². The maximum atomic E-state index is 8.80. The molecule has 3 rings (SSSR count). The van der Waals surface area contributed by atoms with E-state index in [0.717, 1.165) is 22.2 Å². The number of nitrogens with one attached hydrogen (secondary N) is 1. The summed E-state index contributed by atoms with van der Waals surface area (Å²) in [6.45, 7) is 1.91. The number of pyridine rings is 1. The van der Waals surface area contributed by atoms with E-state index in [9.17, 15) is 0 Å². The average Bonchev–Trinajstić information content (AvgIpc) is 2.59. The summed E-state index contributed by atoms with van der Waals surface area (Å²) in [6, 6.07) is 21.3. The number of rotatable bonds is 3. The molecule has 4 heteroatoms. The molecule has 1 aromatic heterocycles. The van der Waals surface area contributed by atoms with E-state index in [-0.39, 0.29) is 0 Å². The summed E-state index contributed by atoms with van der Waals surface area (Å²) >= 11 is 0. The van der Waals surface area contributed by atoms with Crippen molar-refractivity contribution in [2.24, 2.45) is 5.10 Å². The number of para-hydroxylation sites is 1. The predicted molar refractivity (Wildman–Crippen MR) is 88.7 cm³/mol. The molecule has 0 amide bonds. The van der Waals surface area contributed by atoms with Crippen LogP contribution in [-0.4, -0.2) is 10.7 Å². The lowest BCUT2D eigenvalue weighted by Crippen LogP contribution is -2.00. The van der Waals surface area contributed by atoms with Crippen molar-refractivity contribution in [1.82, 2.24) is 4.98 Å². The van der Waals surface area contributed by atoms with Gasteiger partial charge in [-0.3, -0.25) is 5.43 Å². The molecule has 0 aliphatic carbocycles. The highest BCUT2D eigenvalue weighted by Gasteiger charge is 1.99. The molecule has 3 aromatic rings. The molecule has 0 bridgehead atoms. The Morgan fingerprint density at radius 2 is 1.82 bits per heavy atom. The molecule has 0 fully saturated rings. The van der Waals surface area contributed by atoms with Crippen molar-refractivity contribution in [3.8, 4) is 6.07 Å². The fraction of sp³-hybridized carbons (Fsp3) is 0.0556. The summed E-state index contributed by atoms with van der Waals surface area (Å²) in [6.07, 6.45) is 0. The summed E-state index contributed by atoms with van der Waals surface area (Å²) in [5.74, 6) is 0.701. The van der Waals surface area contributed by atoms with Crippen molar-refractivity contribution in [3.05, 3.63) is 71.8 Å². The van der Waals surface area contributed by atoms with Crippen molar-refractivity contribution < 1.29 is 0 Å². The van der Waals surface area contributed by atoms with Gasteiger partial charge in [0.1, 0.15) is 5.82 Å². The van der Waals surface area contributed by atoms with Crippen molar-refractivity contribution in [2.45, 2.75) is 6.92 Å². The molecule has 106 valence electrons. The van der Waals surface area contributed by atoms with Crippen LogP contribution >= 0.6 is 0 Å². The summed E-state index contributed by atoms with van der Waals surface area (Å²) in [5, 5.41) is 14.3. The van der Waals surface area contributed by atoms with E-state index >= 15 is 0 Å². The zero-order valence-corrected chi connectivity index (χ0v) is 12.1. The Kier molecular flexibility index (Phi) is 3.80. The minimum absolute atomic E-state index is 0.640. The highest BCUT2D eigenvalue weighted by Crippen LogP contribution is 2.14. The molecule has 0 aliphatic rings. The lowest BCUT2D eigenvalue weighted by atomic mass is 10.1. The summed E-state index contributed by atoms with van der Waals surface area (Å²) < 4.78 is 0. The third kappa shape index (κ3) is 2.94. The Bertz CT molecular complexity index is 873. The lowest BCUT2D eigenvalue weighted by molar-refractivity contribution is 1.25. The Labute approximate surface area is 128 Å². The van der Waals surface area contributed by atoms with Crippen molar-refractivity contribution in [1.29, 1.82) is 5.26 Å². The zero-order chi connectivity index (χ0) is 15.4. The van der Waals surface area contributed by atoms with Crippen LogP contribution in [0.3, 0.4) is 0 Å². The van der Waals surface area contributed by atoms with Gasteiger partial charge in [0.15, 0.2) is 0 Å². The standard InChI is InChI=1S/C18H14N4/c1-13(15-8-6-14(12-19)7-9-15)21-22-18-11-10-16-4-2-3-5-17(16)20-18/h2-11H,1H3,(H,20,22)/b21-13+. The van der Waals surface area contributed by atoms with Crippen LogP contribution in [0.15, 0.2) is 65.8 Å². The first-order chi connectivity index (χ1) is 10.8. The highest BCUT2D eigenvalue weighted by molar-refractivity contribution is 5.99. The second-order valence-electron chi connectivity index (χ2n) is 4.89. The van der Waals surface area contributed by atoms with Crippen LogP contribution in [-0.2, 0) is 0 Å². The lowest BCUT2D eigenvalue weighted by Gasteiger charge is -2.04. The molecule has 0 atom stereocenters. The molecule has 1 heterocycles. The second kappa shape index (κ2) is 6.06. The van der Waals surface area contributed by atoms with E-state index < -0.39 is 0 Å². The smallest absolute Gasteiger partial charge is 0.146 e. The van der Waals surface area contributed by atoms with Gasteiger partial charge in [0, 0.05) is 5.39 Å². The minimum Gasteiger partial charge on any atom is -0.261 e. The van der Waals surface area contributed by atoms with E-state index in [4.69, 9.17) is 5.26 Å². The van der Waals surface area contributed by atoms with Crippen LogP contribution in [0.5, 0.6) is 0 Å². The molecule has 0 spiro atoms. The van der Waals surface area contributed by atoms with E-state index in [1.165, 1.54) is 0 Å². The van der Waals surface area contributed by atoms with Gasteiger partial charge in [-0.1, -0.05) is 30.3 Å². The average molecular weight is 286 g/mol. The molecule has 4 nitrogen and oxygen atoms in total. The third-order valence-corrected chi connectivity index (χ3v) is 3.37. The molecule has 0 saturated heterocycles. The Morgan fingerprint density at radius 3 is 2.59 bits per heavy atom. The quantitative estimate of drug-likeness (QED) is 0.586. The van der Waals surface area contributed by atoms with Crippen molar-refractivity contribution >= 4 is 22.4 Å². The van der Waals surface area contributed by atoms with Crippen LogP contribution in [0.2, 0.25) is 0 Å². The third-order valence-electron chi connectivity index (χ3n) is 3.37. The maximum absolute atomic E-state index is 8.80. The largest absolute Gasteiger partial charge is 0.261 e. The van der Waals surface area contributed by atoms with Gasteiger partial charge in [0.05, 0.1) is 22.9 Å². The Hall–Kier alpha value is -3.19. The first kappa shape index (κ1) is 13.8. The van der Waals surface area contributed by atoms with Gasteiger partial charge in [-0.2, -0.15) is 10.4 Å². The normalized spacial score (nSPS) is 11.2. The minimum atomic E-state index is 0.640. The topological polar surface area (TPSA) is 61.1 Å². The first-order valence-electron chi connectivity index (χ1n) is 6.93. The molecular weight excluding hydrogens is 272 g/mol. The number of nitriles is 1. The molecular formula is C18H14N4. The van der Waals surface area contributed by atoms with Gasteiger partial charge in [-0.25, -0.2) is 4.98 Å². The van der Waals surface area contributed by atoms with Crippen LogP contribution in [0, 0.1) is 11.3 Å². The molecule has 0 unspecified atom stereocenters. The SMILES string of the molecule is C/C(=N\Nc1ccc2ccccc2n1)c1ccc(C#N)cc1. The number of hydrazone groups is 1. The number of hydrogen-bond acceptors (Lipinski definition) is 4. The molecule has 22 heavy (non-hydrogen) atoms. The van der Waals surface area contributed by atoms with Gasteiger partial charge in [-0.05, 0) is 42.8 Å². The van der Waals surface area contributed by atoms with Crippen LogP contribution in [0.1, 0.15) is 18.1 Å². The Morgan fingerprint density at radius 1 is 1.05 bits per heavy atom. The van der Waals surface area contributed by atoms with Crippen LogP contribution in [0.4, 0.5) is 5.82 Å². The van der Waals surface area contributed by atoms with Crippen LogP contribution in [0.25, 0.3) is 10.9 Å². The number of hydrogen-bond donors (Lipinski definition) is 1. The van der Waals surface area contributed by atoms with E-state index in [1.54, 1.807) is 12.1 Å². The van der Waals surface area contributed by atoms with Crippen molar-refractivity contribution in [2.75, 3.05) is 5.43 Å². The highest BCUT2D eigenvalue weighted by atomic mass is 15.3. The number of nitrogens with zero attached hydrogens (tertiary/aromatic N) is 3. The molecule has 0 radical (unpaired) electrons. The van der Waals surface area contributed by atoms with Gasteiger partial charge < -0.3 is 0 Å². The number of benzene rings is 2.